The third kappa shape index (κ3) is 5.17. The molecule has 25 heavy (non-hydrogen) atoms. The minimum atomic E-state index is -0.791. The molecular formula is C17H23N3O5. The summed E-state index contributed by atoms with van der Waals surface area (Å²) in [4.78, 5) is 35.0. The third-order valence-corrected chi connectivity index (χ3v) is 3.89. The molecule has 2 N–H and O–H groups in total. The molecule has 1 aliphatic rings. The zero-order valence-electron chi connectivity index (χ0n) is 14.6. The highest BCUT2D eigenvalue weighted by molar-refractivity contribution is 5.98. The highest BCUT2D eigenvalue weighted by Crippen LogP contribution is 2.31. The summed E-state index contributed by atoms with van der Waals surface area (Å²) in [5.74, 6) is -0.912. The standard InChI is InChI=1S/C17H23N3O5/c1-10(2)8-14(17(22)25-3)19-16(21)11-4-7-13(18-12-5-6-12)15(9-11)20(23)24/h4,7,9-10,12,14,18H,5-6,8H2,1-3H3,(H,19,21). The van der Waals surface area contributed by atoms with Crippen LogP contribution in [-0.2, 0) is 9.53 Å². The van der Waals surface area contributed by atoms with Gasteiger partial charge >= 0.3 is 5.97 Å². The lowest BCUT2D eigenvalue weighted by atomic mass is 10.0. The third-order valence-electron chi connectivity index (χ3n) is 3.89. The van der Waals surface area contributed by atoms with E-state index < -0.39 is 22.8 Å². The summed E-state index contributed by atoms with van der Waals surface area (Å²) >= 11 is 0. The highest BCUT2D eigenvalue weighted by Gasteiger charge is 2.27. The summed E-state index contributed by atoms with van der Waals surface area (Å²) in [6.45, 7) is 3.84. The lowest BCUT2D eigenvalue weighted by molar-refractivity contribution is -0.384. The average Bonchev–Trinajstić information content (AvgIpc) is 3.37. The van der Waals surface area contributed by atoms with Crippen molar-refractivity contribution in [3.05, 3.63) is 33.9 Å². The molecule has 0 heterocycles. The zero-order chi connectivity index (χ0) is 18.6. The summed E-state index contributed by atoms with van der Waals surface area (Å²) in [5.41, 5.74) is 0.375. The Balaban J connectivity index is 2.17. The molecule has 1 saturated carbocycles. The number of ether oxygens (including phenoxy) is 1. The van der Waals surface area contributed by atoms with Crippen molar-refractivity contribution < 1.29 is 19.2 Å². The Hall–Kier alpha value is -2.64. The summed E-state index contributed by atoms with van der Waals surface area (Å²) in [5, 5.41) is 17.0. The van der Waals surface area contributed by atoms with Crippen LogP contribution in [0.3, 0.4) is 0 Å². The minimum Gasteiger partial charge on any atom is -0.467 e. The van der Waals surface area contributed by atoms with Gasteiger partial charge in [0.1, 0.15) is 11.7 Å². The summed E-state index contributed by atoms with van der Waals surface area (Å²) in [6.07, 6.45) is 2.38. The van der Waals surface area contributed by atoms with Crippen LogP contribution >= 0.6 is 0 Å². The first-order valence-electron chi connectivity index (χ1n) is 8.25. The molecule has 0 saturated heterocycles. The molecule has 0 aliphatic heterocycles. The number of methoxy groups -OCH3 is 1. The molecule has 1 aromatic rings. The molecule has 1 fully saturated rings. The van der Waals surface area contributed by atoms with Gasteiger partial charge in [-0.1, -0.05) is 13.8 Å². The predicted octanol–water partition coefficient (Wildman–Crippen LogP) is 2.49. The van der Waals surface area contributed by atoms with Crippen LogP contribution in [0.2, 0.25) is 0 Å². The normalized spacial score (nSPS) is 14.7. The number of carbonyl (C=O) groups is 2. The first-order valence-corrected chi connectivity index (χ1v) is 8.25. The number of nitro benzene ring substituents is 1. The molecule has 1 aliphatic carbocycles. The van der Waals surface area contributed by atoms with E-state index in [9.17, 15) is 19.7 Å². The van der Waals surface area contributed by atoms with Crippen LogP contribution in [0, 0.1) is 16.0 Å². The first kappa shape index (κ1) is 18.7. The van der Waals surface area contributed by atoms with Crippen LogP contribution in [-0.4, -0.2) is 36.0 Å². The van der Waals surface area contributed by atoms with Gasteiger partial charge in [0.2, 0.25) is 0 Å². The molecule has 0 radical (unpaired) electrons. The largest absolute Gasteiger partial charge is 0.467 e. The Kier molecular flexibility index (Phi) is 5.95. The average molecular weight is 349 g/mol. The van der Waals surface area contributed by atoms with Gasteiger partial charge in [-0.2, -0.15) is 0 Å². The van der Waals surface area contributed by atoms with Crippen LogP contribution in [0.5, 0.6) is 0 Å². The quantitative estimate of drug-likeness (QED) is 0.424. The molecule has 1 unspecified atom stereocenters. The van der Waals surface area contributed by atoms with Crippen molar-refractivity contribution in [3.8, 4) is 0 Å². The van der Waals surface area contributed by atoms with E-state index in [2.05, 4.69) is 10.6 Å². The minimum absolute atomic E-state index is 0.130. The summed E-state index contributed by atoms with van der Waals surface area (Å²) < 4.78 is 4.71. The number of nitrogens with zero attached hydrogens (tertiary/aromatic N) is 1. The SMILES string of the molecule is COC(=O)C(CC(C)C)NC(=O)c1ccc(NC2CC2)c([N+](=O)[O-])c1. The van der Waals surface area contributed by atoms with Crippen molar-refractivity contribution in [3.63, 3.8) is 0 Å². The van der Waals surface area contributed by atoms with Crippen molar-refractivity contribution in [1.29, 1.82) is 0 Å². The van der Waals surface area contributed by atoms with Gasteiger partial charge in [-0.05, 0) is 37.3 Å². The molecule has 2 rings (SSSR count). The predicted molar refractivity (Wildman–Crippen MR) is 92.5 cm³/mol. The Morgan fingerprint density at radius 3 is 2.56 bits per heavy atom. The van der Waals surface area contributed by atoms with Gasteiger partial charge in [0.15, 0.2) is 0 Å². The van der Waals surface area contributed by atoms with Gasteiger partial charge in [0, 0.05) is 17.7 Å². The van der Waals surface area contributed by atoms with Gasteiger partial charge in [-0.25, -0.2) is 4.79 Å². The number of esters is 1. The second-order valence-electron chi connectivity index (χ2n) is 6.59. The number of nitro groups is 1. The highest BCUT2D eigenvalue weighted by atomic mass is 16.6. The molecule has 0 spiro atoms. The fourth-order valence-electron chi connectivity index (χ4n) is 2.46. The van der Waals surface area contributed by atoms with Crippen LogP contribution in [0.25, 0.3) is 0 Å². The molecule has 1 amide bonds. The number of amides is 1. The number of nitrogens with one attached hydrogen (secondary N) is 2. The molecule has 1 atom stereocenters. The van der Waals surface area contributed by atoms with E-state index >= 15 is 0 Å². The fourth-order valence-corrected chi connectivity index (χ4v) is 2.46. The van der Waals surface area contributed by atoms with Gasteiger partial charge < -0.3 is 15.4 Å². The Morgan fingerprint density at radius 1 is 1.36 bits per heavy atom. The lowest BCUT2D eigenvalue weighted by Crippen LogP contribution is -2.42. The number of carbonyl (C=O) groups excluding carboxylic acids is 2. The Morgan fingerprint density at radius 2 is 2.04 bits per heavy atom. The van der Waals surface area contributed by atoms with Crippen molar-refractivity contribution in [2.75, 3.05) is 12.4 Å². The van der Waals surface area contributed by atoms with Crippen LogP contribution < -0.4 is 10.6 Å². The second kappa shape index (κ2) is 7.96. The van der Waals surface area contributed by atoms with Crippen molar-refractivity contribution >= 4 is 23.3 Å². The van der Waals surface area contributed by atoms with Crippen LogP contribution in [0.4, 0.5) is 11.4 Å². The molecule has 136 valence electrons. The van der Waals surface area contributed by atoms with E-state index in [-0.39, 0.29) is 23.2 Å². The number of anilines is 1. The lowest BCUT2D eigenvalue weighted by Gasteiger charge is -2.18. The maximum atomic E-state index is 12.4. The second-order valence-corrected chi connectivity index (χ2v) is 6.59. The van der Waals surface area contributed by atoms with Crippen molar-refractivity contribution in [1.82, 2.24) is 5.32 Å². The van der Waals surface area contributed by atoms with Gasteiger partial charge in [-0.15, -0.1) is 0 Å². The molecular weight excluding hydrogens is 326 g/mol. The maximum Gasteiger partial charge on any atom is 0.328 e. The molecule has 1 aromatic carbocycles. The van der Waals surface area contributed by atoms with Crippen LogP contribution in [0.1, 0.15) is 43.5 Å². The zero-order valence-corrected chi connectivity index (χ0v) is 14.6. The topological polar surface area (TPSA) is 111 Å². The van der Waals surface area contributed by atoms with E-state index in [1.807, 2.05) is 13.8 Å². The van der Waals surface area contributed by atoms with Crippen molar-refractivity contribution in [2.45, 2.75) is 45.2 Å². The maximum absolute atomic E-state index is 12.4. The van der Waals surface area contributed by atoms with E-state index in [4.69, 9.17) is 4.74 Å². The number of benzene rings is 1. The van der Waals surface area contributed by atoms with Gasteiger partial charge in [0.05, 0.1) is 12.0 Å². The van der Waals surface area contributed by atoms with E-state index in [1.54, 1.807) is 0 Å². The smallest absolute Gasteiger partial charge is 0.328 e. The van der Waals surface area contributed by atoms with Crippen LogP contribution in [0.15, 0.2) is 18.2 Å². The Bertz CT molecular complexity index is 670. The Labute approximate surface area is 146 Å². The molecule has 8 nitrogen and oxygen atoms in total. The van der Waals surface area contributed by atoms with Crippen molar-refractivity contribution in [2.24, 2.45) is 5.92 Å². The first-order chi connectivity index (χ1) is 11.8. The summed E-state index contributed by atoms with van der Waals surface area (Å²) in [6, 6.07) is 3.73. The van der Waals surface area contributed by atoms with Gasteiger partial charge in [0.25, 0.3) is 11.6 Å². The fraction of sp³-hybridized carbons (Fsp3) is 0.529. The van der Waals surface area contributed by atoms with Gasteiger partial charge in [-0.3, -0.25) is 14.9 Å². The summed E-state index contributed by atoms with van der Waals surface area (Å²) in [7, 11) is 1.25. The van der Waals surface area contributed by atoms with E-state index in [1.165, 1.54) is 25.3 Å². The molecule has 0 bridgehead atoms. The van der Waals surface area contributed by atoms with E-state index in [0.717, 1.165) is 12.8 Å². The molecule has 8 heteroatoms. The number of rotatable bonds is 8. The van der Waals surface area contributed by atoms with E-state index in [0.29, 0.717) is 12.1 Å². The number of hydrogen-bond donors (Lipinski definition) is 2. The monoisotopic (exact) mass is 349 g/mol. The number of hydrogen-bond acceptors (Lipinski definition) is 6. The molecule has 0 aromatic heterocycles.